The van der Waals surface area contributed by atoms with Crippen LogP contribution in [-0.2, 0) is 0 Å². The van der Waals surface area contributed by atoms with E-state index in [0.717, 1.165) is 6.54 Å². The smallest absolute Gasteiger partial charge is 0.0662 e. The molecule has 2 atom stereocenters. The second kappa shape index (κ2) is 3.75. The van der Waals surface area contributed by atoms with Crippen molar-refractivity contribution < 1.29 is 5.11 Å². The fourth-order valence-corrected chi connectivity index (χ4v) is 1.38. The summed E-state index contributed by atoms with van der Waals surface area (Å²) in [6.45, 7) is 7.21. The van der Waals surface area contributed by atoms with Gasteiger partial charge in [0.15, 0.2) is 0 Å². The second-order valence-corrected chi connectivity index (χ2v) is 4.26. The largest absolute Gasteiger partial charge is 0.392 e. The maximum absolute atomic E-state index is 9.25. The van der Waals surface area contributed by atoms with Crippen LogP contribution in [0.3, 0.4) is 0 Å². The number of rotatable bonds is 5. The summed E-state index contributed by atoms with van der Waals surface area (Å²) in [5.41, 5.74) is 0.586. The van der Waals surface area contributed by atoms with Crippen LogP contribution in [0.25, 0.3) is 0 Å². The van der Waals surface area contributed by atoms with Crippen LogP contribution < -0.4 is 5.32 Å². The average Bonchev–Trinajstić information content (AvgIpc) is 2.81. The Labute approximate surface area is 75.4 Å². The molecule has 2 nitrogen and oxygen atoms in total. The Bertz CT molecular complexity index is 141. The van der Waals surface area contributed by atoms with Gasteiger partial charge in [0.05, 0.1) is 6.10 Å². The van der Waals surface area contributed by atoms with E-state index in [0.29, 0.717) is 5.41 Å². The van der Waals surface area contributed by atoms with Gasteiger partial charge in [0.2, 0.25) is 0 Å². The zero-order valence-corrected chi connectivity index (χ0v) is 8.43. The molecule has 72 valence electrons. The molecule has 1 saturated carbocycles. The average molecular weight is 171 g/mol. The van der Waals surface area contributed by atoms with Crippen molar-refractivity contribution in [2.45, 2.75) is 52.2 Å². The SMILES string of the molecule is CCC1(CNC(C)C(C)O)CC1. The molecule has 0 bridgehead atoms. The quantitative estimate of drug-likeness (QED) is 0.657. The predicted molar refractivity (Wildman–Crippen MR) is 51.1 cm³/mol. The highest BCUT2D eigenvalue weighted by molar-refractivity contribution is 4.94. The van der Waals surface area contributed by atoms with Crippen LogP contribution in [0.1, 0.15) is 40.0 Å². The molecule has 0 aliphatic heterocycles. The highest BCUT2D eigenvalue weighted by Crippen LogP contribution is 2.47. The summed E-state index contributed by atoms with van der Waals surface area (Å²) in [5.74, 6) is 0. The van der Waals surface area contributed by atoms with Crippen molar-refractivity contribution in [1.82, 2.24) is 5.32 Å². The van der Waals surface area contributed by atoms with Crippen molar-refractivity contribution in [2.75, 3.05) is 6.54 Å². The molecule has 1 aliphatic rings. The Kier molecular flexibility index (Phi) is 3.13. The fraction of sp³-hybridized carbons (Fsp3) is 1.00. The van der Waals surface area contributed by atoms with E-state index in [1.165, 1.54) is 19.3 Å². The molecule has 0 spiro atoms. The van der Waals surface area contributed by atoms with Gasteiger partial charge in [-0.05, 0) is 38.5 Å². The number of hydrogen-bond donors (Lipinski definition) is 2. The molecule has 0 radical (unpaired) electrons. The molecule has 2 unspecified atom stereocenters. The lowest BCUT2D eigenvalue weighted by Crippen LogP contribution is -2.38. The molecular weight excluding hydrogens is 150 g/mol. The first-order chi connectivity index (χ1) is 5.59. The zero-order chi connectivity index (χ0) is 9.19. The fourth-order valence-electron chi connectivity index (χ4n) is 1.38. The minimum atomic E-state index is -0.238. The Morgan fingerprint density at radius 3 is 2.33 bits per heavy atom. The molecule has 1 rings (SSSR count). The lowest BCUT2D eigenvalue weighted by molar-refractivity contribution is 0.149. The first-order valence-corrected chi connectivity index (χ1v) is 5.01. The standard InChI is InChI=1S/C10H21NO/c1-4-10(5-6-10)7-11-8(2)9(3)12/h8-9,11-12H,4-7H2,1-3H3. The van der Waals surface area contributed by atoms with Crippen LogP contribution in [-0.4, -0.2) is 23.8 Å². The van der Waals surface area contributed by atoms with E-state index in [4.69, 9.17) is 0 Å². The van der Waals surface area contributed by atoms with Crippen LogP contribution in [0.5, 0.6) is 0 Å². The van der Waals surface area contributed by atoms with Gasteiger partial charge in [0.25, 0.3) is 0 Å². The first-order valence-electron chi connectivity index (χ1n) is 5.01. The molecule has 2 heteroatoms. The second-order valence-electron chi connectivity index (χ2n) is 4.26. The summed E-state index contributed by atoms with van der Waals surface area (Å²) < 4.78 is 0. The Balaban J connectivity index is 2.17. The maximum atomic E-state index is 9.25. The van der Waals surface area contributed by atoms with Gasteiger partial charge in [-0.1, -0.05) is 6.92 Å². The molecule has 0 aromatic rings. The summed E-state index contributed by atoms with van der Waals surface area (Å²) in [5, 5.41) is 12.6. The minimum absolute atomic E-state index is 0.231. The first kappa shape index (κ1) is 10.0. The number of aliphatic hydroxyl groups excluding tert-OH is 1. The van der Waals surface area contributed by atoms with Crippen molar-refractivity contribution >= 4 is 0 Å². The summed E-state index contributed by atoms with van der Waals surface area (Å²) in [6, 6.07) is 0.231. The zero-order valence-electron chi connectivity index (χ0n) is 8.43. The molecule has 0 heterocycles. The lowest BCUT2D eigenvalue weighted by atomic mass is 10.0. The molecule has 0 saturated heterocycles. The molecule has 0 amide bonds. The molecule has 2 N–H and O–H groups in total. The topological polar surface area (TPSA) is 32.3 Å². The van der Waals surface area contributed by atoms with Crippen molar-refractivity contribution in [3.8, 4) is 0 Å². The molecule has 1 aliphatic carbocycles. The van der Waals surface area contributed by atoms with Gasteiger partial charge in [0.1, 0.15) is 0 Å². The van der Waals surface area contributed by atoms with Gasteiger partial charge in [-0.3, -0.25) is 0 Å². The van der Waals surface area contributed by atoms with Crippen molar-refractivity contribution in [3.05, 3.63) is 0 Å². The van der Waals surface area contributed by atoms with E-state index in [-0.39, 0.29) is 12.1 Å². The van der Waals surface area contributed by atoms with Crippen molar-refractivity contribution in [2.24, 2.45) is 5.41 Å². The van der Waals surface area contributed by atoms with E-state index in [1.807, 2.05) is 13.8 Å². The van der Waals surface area contributed by atoms with Crippen LogP contribution in [0, 0.1) is 5.41 Å². The van der Waals surface area contributed by atoms with Gasteiger partial charge in [-0.15, -0.1) is 0 Å². The highest BCUT2D eigenvalue weighted by Gasteiger charge is 2.40. The third kappa shape index (κ3) is 2.46. The van der Waals surface area contributed by atoms with Crippen molar-refractivity contribution in [3.63, 3.8) is 0 Å². The normalized spacial score (nSPS) is 25.0. The Morgan fingerprint density at radius 2 is 2.00 bits per heavy atom. The van der Waals surface area contributed by atoms with Gasteiger partial charge in [0, 0.05) is 12.6 Å². The van der Waals surface area contributed by atoms with Crippen molar-refractivity contribution in [1.29, 1.82) is 0 Å². The molecule has 0 aromatic carbocycles. The van der Waals surface area contributed by atoms with Gasteiger partial charge < -0.3 is 10.4 Å². The minimum Gasteiger partial charge on any atom is -0.392 e. The van der Waals surface area contributed by atoms with E-state index in [1.54, 1.807) is 0 Å². The Morgan fingerprint density at radius 1 is 1.42 bits per heavy atom. The summed E-state index contributed by atoms with van der Waals surface area (Å²) >= 11 is 0. The molecule has 0 aromatic heterocycles. The van der Waals surface area contributed by atoms with Crippen LogP contribution in [0.4, 0.5) is 0 Å². The summed E-state index contributed by atoms with van der Waals surface area (Å²) in [6.07, 6.45) is 3.76. The summed E-state index contributed by atoms with van der Waals surface area (Å²) in [4.78, 5) is 0. The van der Waals surface area contributed by atoms with Crippen LogP contribution in [0.2, 0.25) is 0 Å². The van der Waals surface area contributed by atoms with E-state index in [9.17, 15) is 5.11 Å². The maximum Gasteiger partial charge on any atom is 0.0662 e. The van der Waals surface area contributed by atoms with Crippen LogP contribution >= 0.6 is 0 Å². The van der Waals surface area contributed by atoms with E-state index in [2.05, 4.69) is 12.2 Å². The highest BCUT2D eigenvalue weighted by atomic mass is 16.3. The predicted octanol–water partition coefficient (Wildman–Crippen LogP) is 1.54. The summed E-state index contributed by atoms with van der Waals surface area (Å²) in [7, 11) is 0. The number of aliphatic hydroxyl groups is 1. The Hall–Kier alpha value is -0.0800. The monoisotopic (exact) mass is 171 g/mol. The third-order valence-corrected chi connectivity index (χ3v) is 3.23. The van der Waals surface area contributed by atoms with Gasteiger partial charge in [-0.2, -0.15) is 0 Å². The van der Waals surface area contributed by atoms with Crippen LogP contribution in [0.15, 0.2) is 0 Å². The third-order valence-electron chi connectivity index (χ3n) is 3.23. The number of nitrogens with one attached hydrogen (secondary N) is 1. The number of hydrogen-bond acceptors (Lipinski definition) is 2. The molecule has 1 fully saturated rings. The molecule has 12 heavy (non-hydrogen) atoms. The van der Waals surface area contributed by atoms with E-state index < -0.39 is 0 Å². The van der Waals surface area contributed by atoms with E-state index >= 15 is 0 Å². The lowest BCUT2D eigenvalue weighted by Gasteiger charge is -2.20. The van der Waals surface area contributed by atoms with Gasteiger partial charge in [-0.25, -0.2) is 0 Å². The van der Waals surface area contributed by atoms with Gasteiger partial charge >= 0.3 is 0 Å². The molecular formula is C10H21NO.